The van der Waals surface area contributed by atoms with Gasteiger partial charge in [-0.05, 0) is 32.9 Å². The molecule has 0 saturated carbocycles. The number of aromatic nitrogens is 2. The first-order chi connectivity index (χ1) is 8.95. The second-order valence-corrected chi connectivity index (χ2v) is 4.52. The summed E-state index contributed by atoms with van der Waals surface area (Å²) in [6.07, 6.45) is 0.107. The standard InChI is InChI=1S/C13H17N5O/c1-7(2)19-9-4-5-10-8(3)16-13(18-12(14)15)17-11(10)6-9/h4-7H,1-3H3,(H4,14,15,16,17,18). The zero-order valence-electron chi connectivity index (χ0n) is 11.2. The lowest BCUT2D eigenvalue weighted by Crippen LogP contribution is -2.22. The first-order valence-corrected chi connectivity index (χ1v) is 6.02. The molecule has 0 aliphatic rings. The van der Waals surface area contributed by atoms with Gasteiger partial charge in [-0.3, -0.25) is 10.7 Å². The molecule has 6 nitrogen and oxygen atoms in total. The summed E-state index contributed by atoms with van der Waals surface area (Å²) < 4.78 is 5.64. The van der Waals surface area contributed by atoms with Gasteiger partial charge in [0.05, 0.1) is 17.3 Å². The number of hydrogen-bond donors (Lipinski definition) is 3. The lowest BCUT2D eigenvalue weighted by atomic mass is 10.2. The summed E-state index contributed by atoms with van der Waals surface area (Å²) in [7, 11) is 0. The van der Waals surface area contributed by atoms with E-state index in [0.717, 1.165) is 22.3 Å². The van der Waals surface area contributed by atoms with Crippen molar-refractivity contribution < 1.29 is 4.74 Å². The van der Waals surface area contributed by atoms with Gasteiger partial charge in [0.2, 0.25) is 5.95 Å². The van der Waals surface area contributed by atoms with Crippen molar-refractivity contribution in [3.8, 4) is 5.75 Å². The monoisotopic (exact) mass is 259 g/mol. The molecule has 0 bridgehead atoms. The van der Waals surface area contributed by atoms with Crippen LogP contribution in [-0.2, 0) is 0 Å². The third kappa shape index (κ3) is 3.09. The summed E-state index contributed by atoms with van der Waals surface area (Å²) in [6.45, 7) is 5.83. The molecule has 0 spiro atoms. The minimum atomic E-state index is -0.187. The maximum atomic E-state index is 7.21. The van der Waals surface area contributed by atoms with E-state index in [2.05, 4.69) is 15.3 Å². The molecule has 1 aromatic heterocycles. The largest absolute Gasteiger partial charge is 0.491 e. The average molecular weight is 259 g/mol. The Kier molecular flexibility index (Phi) is 3.50. The van der Waals surface area contributed by atoms with Crippen molar-refractivity contribution in [1.82, 2.24) is 9.97 Å². The summed E-state index contributed by atoms with van der Waals surface area (Å²) in [4.78, 5) is 8.57. The van der Waals surface area contributed by atoms with Crippen LogP contribution in [0.3, 0.4) is 0 Å². The minimum Gasteiger partial charge on any atom is -0.491 e. The molecule has 2 rings (SSSR count). The van der Waals surface area contributed by atoms with E-state index >= 15 is 0 Å². The zero-order valence-corrected chi connectivity index (χ0v) is 11.2. The van der Waals surface area contributed by atoms with Crippen LogP contribution in [0.4, 0.5) is 5.95 Å². The number of benzene rings is 1. The van der Waals surface area contributed by atoms with Gasteiger partial charge in [-0.25, -0.2) is 9.97 Å². The second-order valence-electron chi connectivity index (χ2n) is 4.52. The van der Waals surface area contributed by atoms with Crippen LogP contribution in [0.25, 0.3) is 10.9 Å². The van der Waals surface area contributed by atoms with Crippen molar-refractivity contribution in [3.63, 3.8) is 0 Å². The van der Waals surface area contributed by atoms with Crippen LogP contribution in [0, 0.1) is 12.3 Å². The van der Waals surface area contributed by atoms with E-state index in [9.17, 15) is 0 Å². The molecule has 0 aliphatic heterocycles. The Morgan fingerprint density at radius 3 is 2.74 bits per heavy atom. The molecule has 6 heteroatoms. The minimum absolute atomic E-state index is 0.107. The Labute approximate surface area is 111 Å². The molecule has 0 radical (unpaired) electrons. The SMILES string of the molecule is Cc1nc(NC(=N)N)nc2cc(OC(C)C)ccc12. The number of nitrogens with one attached hydrogen (secondary N) is 2. The second kappa shape index (κ2) is 5.09. The number of ether oxygens (including phenoxy) is 1. The van der Waals surface area contributed by atoms with Crippen LogP contribution >= 0.6 is 0 Å². The van der Waals surface area contributed by atoms with Gasteiger partial charge in [0.1, 0.15) is 5.75 Å². The summed E-state index contributed by atoms with van der Waals surface area (Å²) in [5.74, 6) is 0.891. The lowest BCUT2D eigenvalue weighted by Gasteiger charge is -2.11. The highest BCUT2D eigenvalue weighted by molar-refractivity contribution is 5.90. The van der Waals surface area contributed by atoms with Crippen molar-refractivity contribution in [2.45, 2.75) is 26.9 Å². The molecular formula is C13H17N5O. The fourth-order valence-electron chi connectivity index (χ4n) is 1.79. The normalized spacial score (nSPS) is 10.7. The quantitative estimate of drug-likeness (QED) is 0.579. The van der Waals surface area contributed by atoms with Crippen LogP contribution in [0.15, 0.2) is 18.2 Å². The molecular weight excluding hydrogens is 242 g/mol. The van der Waals surface area contributed by atoms with Gasteiger partial charge >= 0.3 is 0 Å². The predicted octanol–water partition coefficient (Wildman–Crippen LogP) is 2.03. The third-order valence-corrected chi connectivity index (χ3v) is 2.48. The van der Waals surface area contributed by atoms with Crippen molar-refractivity contribution in [2.75, 3.05) is 5.32 Å². The number of rotatable bonds is 3. The van der Waals surface area contributed by atoms with E-state index < -0.39 is 0 Å². The molecule has 1 aromatic carbocycles. The molecule has 0 saturated heterocycles. The van der Waals surface area contributed by atoms with Crippen molar-refractivity contribution >= 4 is 22.8 Å². The van der Waals surface area contributed by atoms with Gasteiger partial charge in [-0.1, -0.05) is 0 Å². The smallest absolute Gasteiger partial charge is 0.230 e. The van der Waals surface area contributed by atoms with Crippen molar-refractivity contribution in [1.29, 1.82) is 5.41 Å². The number of fused-ring (bicyclic) bond motifs is 1. The third-order valence-electron chi connectivity index (χ3n) is 2.48. The molecule has 0 fully saturated rings. The Morgan fingerprint density at radius 2 is 2.11 bits per heavy atom. The molecule has 100 valence electrons. The topological polar surface area (TPSA) is 96.9 Å². The van der Waals surface area contributed by atoms with Crippen molar-refractivity contribution in [3.05, 3.63) is 23.9 Å². The Balaban J connectivity index is 2.47. The maximum Gasteiger partial charge on any atom is 0.230 e. The van der Waals surface area contributed by atoms with E-state index in [0.29, 0.717) is 5.95 Å². The highest BCUT2D eigenvalue weighted by Crippen LogP contribution is 2.23. The van der Waals surface area contributed by atoms with Crippen LogP contribution < -0.4 is 15.8 Å². The number of guanidine groups is 1. The van der Waals surface area contributed by atoms with Gasteiger partial charge < -0.3 is 10.5 Å². The van der Waals surface area contributed by atoms with Crippen LogP contribution in [0.5, 0.6) is 5.75 Å². The fraction of sp³-hybridized carbons (Fsp3) is 0.308. The molecule has 4 N–H and O–H groups in total. The number of anilines is 1. The predicted molar refractivity (Wildman–Crippen MR) is 75.6 cm³/mol. The van der Waals surface area contributed by atoms with Crippen LogP contribution in [0.1, 0.15) is 19.5 Å². The van der Waals surface area contributed by atoms with E-state index in [1.165, 1.54) is 0 Å². The molecule has 0 unspecified atom stereocenters. The van der Waals surface area contributed by atoms with Gasteiger partial charge in [0.15, 0.2) is 5.96 Å². The van der Waals surface area contributed by atoms with Gasteiger partial charge in [0.25, 0.3) is 0 Å². The molecule has 19 heavy (non-hydrogen) atoms. The first kappa shape index (κ1) is 13.1. The van der Waals surface area contributed by atoms with Crippen LogP contribution in [0.2, 0.25) is 0 Å². The fourth-order valence-corrected chi connectivity index (χ4v) is 1.79. The summed E-state index contributed by atoms with van der Waals surface area (Å²) in [6, 6.07) is 5.69. The number of aryl methyl sites for hydroxylation is 1. The molecule has 2 aromatic rings. The Morgan fingerprint density at radius 1 is 1.37 bits per heavy atom. The molecule has 0 atom stereocenters. The highest BCUT2D eigenvalue weighted by atomic mass is 16.5. The summed E-state index contributed by atoms with van der Waals surface area (Å²) in [5.41, 5.74) is 6.86. The summed E-state index contributed by atoms with van der Waals surface area (Å²) >= 11 is 0. The zero-order chi connectivity index (χ0) is 14.0. The van der Waals surface area contributed by atoms with E-state index in [-0.39, 0.29) is 12.1 Å². The summed E-state index contributed by atoms with van der Waals surface area (Å²) in [5, 5.41) is 10.8. The number of hydrogen-bond acceptors (Lipinski definition) is 4. The van der Waals surface area contributed by atoms with Gasteiger partial charge in [0, 0.05) is 11.5 Å². The van der Waals surface area contributed by atoms with E-state index in [1.54, 1.807) is 0 Å². The Bertz CT molecular complexity index is 624. The first-order valence-electron chi connectivity index (χ1n) is 6.02. The van der Waals surface area contributed by atoms with Crippen molar-refractivity contribution in [2.24, 2.45) is 5.73 Å². The highest BCUT2D eigenvalue weighted by Gasteiger charge is 2.07. The number of nitrogens with zero attached hydrogens (tertiary/aromatic N) is 2. The number of nitrogens with two attached hydrogens (primary N) is 1. The molecule has 0 aliphatic carbocycles. The Hall–Kier alpha value is -2.37. The lowest BCUT2D eigenvalue weighted by molar-refractivity contribution is 0.242. The molecule has 1 heterocycles. The average Bonchev–Trinajstić information content (AvgIpc) is 2.26. The van der Waals surface area contributed by atoms with Crippen LogP contribution in [-0.4, -0.2) is 22.0 Å². The van der Waals surface area contributed by atoms with Gasteiger partial charge in [-0.15, -0.1) is 0 Å². The maximum absolute atomic E-state index is 7.21. The van der Waals surface area contributed by atoms with E-state index in [4.69, 9.17) is 15.9 Å². The van der Waals surface area contributed by atoms with E-state index in [1.807, 2.05) is 39.0 Å². The molecule has 0 amide bonds. The van der Waals surface area contributed by atoms with Gasteiger partial charge in [-0.2, -0.15) is 0 Å².